The third-order valence-electron chi connectivity index (χ3n) is 20.3. The van der Waals surface area contributed by atoms with E-state index in [1.54, 1.807) is 0 Å². The summed E-state index contributed by atoms with van der Waals surface area (Å²) in [6.07, 6.45) is 121. The molecule has 9 nitrogen and oxygen atoms in total. The minimum absolute atomic E-state index is 0.0554. The normalized spacial score (nSPS) is 13.2. The fourth-order valence-electron chi connectivity index (χ4n) is 13.6. The van der Waals surface area contributed by atoms with E-state index in [1.807, 2.05) is 0 Å². The van der Waals surface area contributed by atoms with E-state index in [0.717, 1.165) is 70.6 Å². The minimum atomic E-state index is -4.40. The van der Waals surface area contributed by atoms with E-state index in [9.17, 15) is 19.0 Å². The number of phosphoric ester groups is 1. The summed E-state index contributed by atoms with van der Waals surface area (Å²) in [6.45, 7) is 3.70. The Labute approximate surface area is 640 Å². The molecule has 0 aromatic heterocycles. The zero-order valence-electron chi connectivity index (χ0n) is 68.3. The number of carbonyl (C=O) groups is 2. The molecule has 2 atom stereocenters. The second-order valence-electron chi connectivity index (χ2n) is 30.4. The fraction of sp³-hybridized carbons (Fsp3) is 0.828. The van der Waals surface area contributed by atoms with Crippen LogP contribution < -0.4 is 5.73 Å². The van der Waals surface area contributed by atoms with Gasteiger partial charge in [0.05, 0.1) is 13.2 Å². The van der Waals surface area contributed by atoms with E-state index in [-0.39, 0.29) is 38.6 Å². The summed E-state index contributed by atoms with van der Waals surface area (Å²) < 4.78 is 33.4. The minimum Gasteiger partial charge on any atom is -0.462 e. The predicted octanol–water partition coefficient (Wildman–Crippen LogP) is 30.8. The van der Waals surface area contributed by atoms with Crippen molar-refractivity contribution in [3.8, 4) is 0 Å². The Morgan fingerprint density at radius 1 is 0.301 bits per heavy atom. The number of hydrogen-bond acceptors (Lipinski definition) is 8. The molecule has 0 heterocycles. The van der Waals surface area contributed by atoms with E-state index in [2.05, 4.69) is 98.9 Å². The van der Waals surface area contributed by atoms with Gasteiger partial charge in [-0.05, 0) is 89.9 Å². The number of carbonyl (C=O) groups excluding carboxylic acids is 2. The quantitative estimate of drug-likeness (QED) is 0.0264. The third kappa shape index (κ3) is 88.0. The van der Waals surface area contributed by atoms with Crippen molar-refractivity contribution in [2.75, 3.05) is 26.4 Å². The molecule has 10 heteroatoms. The van der Waals surface area contributed by atoms with Crippen molar-refractivity contribution in [2.45, 2.75) is 469 Å². The molecule has 103 heavy (non-hydrogen) atoms. The maximum atomic E-state index is 12.8. The van der Waals surface area contributed by atoms with Crippen LogP contribution in [0, 0.1) is 0 Å². The molecule has 0 spiro atoms. The summed E-state index contributed by atoms with van der Waals surface area (Å²) in [6, 6.07) is 0. The highest BCUT2D eigenvalue weighted by Gasteiger charge is 2.26. The Hall–Kier alpha value is -2.81. The van der Waals surface area contributed by atoms with Gasteiger partial charge >= 0.3 is 19.8 Å². The Morgan fingerprint density at radius 2 is 0.534 bits per heavy atom. The molecule has 0 aliphatic carbocycles. The number of nitrogens with two attached hydrogens (primary N) is 1. The van der Waals surface area contributed by atoms with E-state index in [0.29, 0.717) is 6.42 Å². The molecule has 2 unspecified atom stereocenters. The fourth-order valence-corrected chi connectivity index (χ4v) is 14.4. The SMILES string of the molecule is CC/C=C\C/C=C\C/C=C\C/C=C\CCCCCCCCCCCCCCCCCCCCCCCCCCCCCCC(=O)OC(COC(=O)CCCCCCCCCCCCCCCCCCCCCCCCCCCC/C=C\C/C=C\C/C=C\CCCCCCC)COP(=O)(O)OCCN. The zero-order chi connectivity index (χ0) is 74.3. The largest absolute Gasteiger partial charge is 0.472 e. The maximum Gasteiger partial charge on any atom is 0.472 e. The molecule has 0 rings (SSSR count). The molecule has 0 fully saturated rings. The lowest BCUT2D eigenvalue weighted by molar-refractivity contribution is -0.161. The average Bonchev–Trinajstić information content (AvgIpc) is 0.970. The maximum absolute atomic E-state index is 12.8. The molecule has 0 aromatic carbocycles. The van der Waals surface area contributed by atoms with E-state index in [1.165, 1.54) is 360 Å². The summed E-state index contributed by atoms with van der Waals surface area (Å²) >= 11 is 0. The van der Waals surface area contributed by atoms with E-state index < -0.39 is 26.5 Å². The first kappa shape index (κ1) is 100. The second kappa shape index (κ2) is 88.1. The number of rotatable bonds is 86. The van der Waals surface area contributed by atoms with Crippen molar-refractivity contribution in [3.05, 3.63) is 85.1 Å². The highest BCUT2D eigenvalue weighted by molar-refractivity contribution is 7.47. The smallest absolute Gasteiger partial charge is 0.462 e. The lowest BCUT2D eigenvalue weighted by atomic mass is 10.0. The Morgan fingerprint density at radius 3 is 0.796 bits per heavy atom. The van der Waals surface area contributed by atoms with Crippen LogP contribution >= 0.6 is 7.82 Å². The summed E-state index contributed by atoms with van der Waals surface area (Å²) in [5.74, 6) is -0.801. The van der Waals surface area contributed by atoms with Crippen LogP contribution in [-0.2, 0) is 32.7 Å². The van der Waals surface area contributed by atoms with Crippen molar-refractivity contribution in [1.82, 2.24) is 0 Å². The molecule has 0 aromatic rings. The monoisotopic (exact) mass is 1460 g/mol. The van der Waals surface area contributed by atoms with Gasteiger partial charge < -0.3 is 20.1 Å². The predicted molar refractivity (Wildman–Crippen MR) is 450 cm³/mol. The second-order valence-corrected chi connectivity index (χ2v) is 31.9. The van der Waals surface area contributed by atoms with Gasteiger partial charge in [0.25, 0.3) is 0 Å². The highest BCUT2D eigenvalue weighted by Crippen LogP contribution is 2.43. The summed E-state index contributed by atoms with van der Waals surface area (Å²) in [7, 11) is -4.40. The zero-order valence-corrected chi connectivity index (χ0v) is 69.2. The summed E-state index contributed by atoms with van der Waals surface area (Å²) in [5.41, 5.74) is 5.43. The van der Waals surface area contributed by atoms with Gasteiger partial charge in [-0.1, -0.05) is 446 Å². The van der Waals surface area contributed by atoms with Crippen molar-refractivity contribution in [1.29, 1.82) is 0 Å². The number of unbranched alkanes of at least 4 members (excludes halogenated alkanes) is 59. The number of ether oxygens (including phenoxy) is 2. The molecule has 0 aliphatic heterocycles. The molecule has 0 saturated heterocycles. The molecule has 0 bridgehead atoms. The number of hydrogen-bond donors (Lipinski definition) is 2. The van der Waals surface area contributed by atoms with E-state index in [4.69, 9.17) is 24.3 Å². The van der Waals surface area contributed by atoms with Gasteiger partial charge in [0, 0.05) is 19.4 Å². The molecule has 602 valence electrons. The molecular weight excluding hydrogens is 1290 g/mol. The van der Waals surface area contributed by atoms with Crippen LogP contribution in [0.1, 0.15) is 463 Å². The highest BCUT2D eigenvalue weighted by atomic mass is 31.2. The van der Waals surface area contributed by atoms with Crippen LogP contribution in [0.3, 0.4) is 0 Å². The Kier molecular flexibility index (Phi) is 85.7. The Balaban J connectivity index is 3.70. The standard InChI is InChI=1S/C93H172NO8P/c1-3-5-7-9-11-13-15-17-19-21-23-25-27-29-31-33-35-37-39-41-43-45-47-49-51-53-55-57-59-61-63-65-67-69-71-73-75-77-79-81-83-85-92(95)99-89-91(90-101-103(97,98)100-88-87-94)102-93(96)86-84-82-80-78-76-74-72-70-68-66-64-62-60-58-56-54-52-50-48-46-44-42-40-38-36-34-32-30-28-26-24-22-20-18-16-14-12-10-8-6-4-2/h6,8,12,14-15,17-18,20-21,23-24,26-27,29,91H,3-5,7,9-11,13,16,19,22,25,28,30-90,94H2,1-2H3,(H,97,98)/b8-6-,14-12-,17-15-,20-18-,23-21-,26-24-,29-27-. The Bertz CT molecular complexity index is 1980. The lowest BCUT2D eigenvalue weighted by Gasteiger charge is -2.19. The van der Waals surface area contributed by atoms with Gasteiger partial charge in [0.1, 0.15) is 6.61 Å². The topological polar surface area (TPSA) is 134 Å². The van der Waals surface area contributed by atoms with Crippen LogP contribution in [0.25, 0.3) is 0 Å². The van der Waals surface area contributed by atoms with Gasteiger partial charge in [-0.2, -0.15) is 0 Å². The molecule has 0 saturated carbocycles. The number of esters is 2. The van der Waals surface area contributed by atoms with Crippen LogP contribution in [0.4, 0.5) is 0 Å². The summed E-state index contributed by atoms with van der Waals surface area (Å²) in [5, 5.41) is 0. The van der Waals surface area contributed by atoms with Crippen molar-refractivity contribution in [3.63, 3.8) is 0 Å². The van der Waals surface area contributed by atoms with Crippen LogP contribution in [0.15, 0.2) is 85.1 Å². The average molecular weight is 1460 g/mol. The van der Waals surface area contributed by atoms with Gasteiger partial charge in [-0.15, -0.1) is 0 Å². The van der Waals surface area contributed by atoms with Gasteiger partial charge in [0.2, 0.25) is 0 Å². The van der Waals surface area contributed by atoms with Crippen molar-refractivity contribution >= 4 is 19.8 Å². The molecule has 3 N–H and O–H groups in total. The molecular formula is C93H172NO8P. The lowest BCUT2D eigenvalue weighted by Crippen LogP contribution is -2.29. The first-order valence-electron chi connectivity index (χ1n) is 45.1. The first-order valence-corrected chi connectivity index (χ1v) is 46.6. The van der Waals surface area contributed by atoms with E-state index >= 15 is 0 Å². The van der Waals surface area contributed by atoms with Gasteiger partial charge in [-0.3, -0.25) is 18.6 Å². The molecule has 0 radical (unpaired) electrons. The first-order chi connectivity index (χ1) is 50.8. The van der Waals surface area contributed by atoms with Gasteiger partial charge in [0.15, 0.2) is 6.10 Å². The number of phosphoric acid groups is 1. The molecule has 0 amide bonds. The summed E-state index contributed by atoms with van der Waals surface area (Å²) in [4.78, 5) is 35.5. The van der Waals surface area contributed by atoms with Crippen LogP contribution in [0.2, 0.25) is 0 Å². The van der Waals surface area contributed by atoms with Crippen molar-refractivity contribution < 1.29 is 37.6 Å². The van der Waals surface area contributed by atoms with Crippen molar-refractivity contribution in [2.24, 2.45) is 5.73 Å². The number of allylic oxidation sites excluding steroid dienone is 14. The van der Waals surface area contributed by atoms with Gasteiger partial charge in [-0.25, -0.2) is 4.57 Å². The van der Waals surface area contributed by atoms with Crippen LogP contribution in [-0.4, -0.2) is 49.3 Å². The third-order valence-corrected chi connectivity index (χ3v) is 21.2. The van der Waals surface area contributed by atoms with Crippen LogP contribution in [0.5, 0.6) is 0 Å². The molecule has 0 aliphatic rings.